The Kier molecular flexibility index (Phi) is 3.79. The second-order valence-corrected chi connectivity index (χ2v) is 4.66. The number of aliphatic imine (C=N–C) groups is 1. The molecule has 1 aromatic carbocycles. The summed E-state index contributed by atoms with van der Waals surface area (Å²) in [5.74, 6) is 0.834. The van der Waals surface area contributed by atoms with Gasteiger partial charge in [0.25, 0.3) is 0 Å². The fraction of sp³-hybridized carbons (Fsp3) is 0.364. The summed E-state index contributed by atoms with van der Waals surface area (Å²) in [7, 11) is 0. The van der Waals surface area contributed by atoms with Crippen molar-refractivity contribution >= 4 is 27.6 Å². The van der Waals surface area contributed by atoms with E-state index < -0.39 is 0 Å². The van der Waals surface area contributed by atoms with E-state index in [9.17, 15) is 0 Å². The number of nitrogens with zero attached hydrogens (tertiary/aromatic N) is 1. The van der Waals surface area contributed by atoms with Crippen molar-refractivity contribution in [2.24, 2.45) is 10.7 Å². The molecule has 1 heterocycles. The second kappa shape index (κ2) is 5.32. The van der Waals surface area contributed by atoms with Gasteiger partial charge < -0.3 is 16.4 Å². The molecule has 5 heteroatoms. The lowest BCUT2D eigenvalue weighted by atomic mass is 10.2. The van der Waals surface area contributed by atoms with Gasteiger partial charge in [-0.2, -0.15) is 0 Å². The third-order valence-corrected chi connectivity index (χ3v) is 2.96. The highest BCUT2D eigenvalue weighted by molar-refractivity contribution is 9.10. The van der Waals surface area contributed by atoms with Gasteiger partial charge in [0.2, 0.25) is 0 Å². The molecular weight excluding hydrogens is 268 g/mol. The van der Waals surface area contributed by atoms with Gasteiger partial charge in [-0.05, 0) is 37.2 Å². The molecule has 0 saturated heterocycles. The van der Waals surface area contributed by atoms with E-state index in [2.05, 4.69) is 31.6 Å². The second-order valence-electron chi connectivity index (χ2n) is 3.74. The monoisotopic (exact) mass is 282 g/mol. The average Bonchev–Trinajstić information content (AvgIpc) is 2.70. The van der Waals surface area contributed by atoms with Crippen LogP contribution >= 0.6 is 15.9 Å². The van der Waals surface area contributed by atoms with Crippen molar-refractivity contribution in [3.05, 3.63) is 28.7 Å². The zero-order chi connectivity index (χ0) is 11.4. The summed E-state index contributed by atoms with van der Waals surface area (Å²) in [6, 6.07) is 8.38. The maximum atomic E-state index is 5.51. The minimum absolute atomic E-state index is 0.378. The third-order valence-electron chi connectivity index (χ3n) is 2.43. The molecule has 0 unspecified atom stereocenters. The van der Waals surface area contributed by atoms with Crippen LogP contribution in [0, 0.1) is 0 Å². The van der Waals surface area contributed by atoms with Gasteiger partial charge in [-0.3, -0.25) is 4.99 Å². The Hall–Kier alpha value is -1.07. The molecule has 1 atom stereocenters. The van der Waals surface area contributed by atoms with Crippen LogP contribution < -0.4 is 16.4 Å². The number of rotatable bonds is 3. The Bertz CT molecular complexity index is 374. The van der Waals surface area contributed by atoms with Crippen molar-refractivity contribution in [1.29, 1.82) is 0 Å². The minimum Gasteiger partial charge on any atom is -0.351 e. The lowest BCUT2D eigenvalue weighted by Gasteiger charge is -2.11. The first-order valence-corrected chi connectivity index (χ1v) is 6.11. The molecule has 86 valence electrons. The van der Waals surface area contributed by atoms with Crippen LogP contribution in [0.2, 0.25) is 0 Å². The predicted octanol–water partition coefficient (Wildman–Crippen LogP) is 1.54. The molecule has 0 aromatic heterocycles. The first kappa shape index (κ1) is 11.4. The maximum absolute atomic E-state index is 5.51. The van der Waals surface area contributed by atoms with Gasteiger partial charge in [-0.1, -0.05) is 15.9 Å². The molecule has 0 radical (unpaired) electrons. The molecule has 1 aromatic rings. The van der Waals surface area contributed by atoms with E-state index in [4.69, 9.17) is 5.73 Å². The molecule has 0 spiro atoms. The van der Waals surface area contributed by atoms with Gasteiger partial charge in [0.15, 0.2) is 5.96 Å². The summed E-state index contributed by atoms with van der Waals surface area (Å²) >= 11 is 3.40. The summed E-state index contributed by atoms with van der Waals surface area (Å²) < 4.78 is 1.07. The largest absolute Gasteiger partial charge is 0.351 e. The molecule has 16 heavy (non-hydrogen) atoms. The standard InChI is InChI=1S/C11H15BrN4/c12-8-1-3-9(4-2-8)15-11-14-7-10(16-11)5-6-13/h1-4,10H,5-7,13H2,(H2,14,15,16)/t10-/m0/s1. The maximum Gasteiger partial charge on any atom is 0.196 e. The minimum atomic E-state index is 0.378. The summed E-state index contributed by atoms with van der Waals surface area (Å²) in [6.07, 6.45) is 0.953. The van der Waals surface area contributed by atoms with E-state index in [0.717, 1.165) is 29.1 Å². The van der Waals surface area contributed by atoms with Crippen LogP contribution in [0.4, 0.5) is 5.69 Å². The number of nitrogens with two attached hydrogens (primary N) is 1. The van der Waals surface area contributed by atoms with Gasteiger partial charge in [0.05, 0.1) is 6.54 Å². The predicted molar refractivity (Wildman–Crippen MR) is 70.7 cm³/mol. The molecule has 1 aliphatic heterocycles. The van der Waals surface area contributed by atoms with E-state index in [0.29, 0.717) is 12.6 Å². The highest BCUT2D eigenvalue weighted by Crippen LogP contribution is 2.14. The molecule has 1 aliphatic rings. The number of hydrogen-bond acceptors (Lipinski definition) is 4. The first-order valence-electron chi connectivity index (χ1n) is 5.31. The van der Waals surface area contributed by atoms with Gasteiger partial charge in [0, 0.05) is 16.2 Å². The van der Waals surface area contributed by atoms with E-state index in [-0.39, 0.29) is 0 Å². The van der Waals surface area contributed by atoms with Crippen LogP contribution in [-0.4, -0.2) is 25.1 Å². The lowest BCUT2D eigenvalue weighted by Crippen LogP contribution is -2.35. The fourth-order valence-corrected chi connectivity index (χ4v) is 1.86. The van der Waals surface area contributed by atoms with Crippen molar-refractivity contribution in [2.45, 2.75) is 12.5 Å². The third kappa shape index (κ3) is 2.96. The van der Waals surface area contributed by atoms with Crippen LogP contribution in [0.5, 0.6) is 0 Å². The molecule has 0 amide bonds. The quantitative estimate of drug-likeness (QED) is 0.788. The number of guanidine groups is 1. The summed E-state index contributed by atoms with van der Waals surface area (Å²) in [5, 5.41) is 6.54. The van der Waals surface area contributed by atoms with Gasteiger partial charge in [0.1, 0.15) is 0 Å². The van der Waals surface area contributed by atoms with Gasteiger partial charge >= 0.3 is 0 Å². The van der Waals surface area contributed by atoms with E-state index in [1.54, 1.807) is 0 Å². The van der Waals surface area contributed by atoms with E-state index in [1.165, 1.54) is 0 Å². The Morgan fingerprint density at radius 2 is 2.19 bits per heavy atom. The molecular formula is C11H15BrN4. The molecule has 2 rings (SSSR count). The Morgan fingerprint density at radius 1 is 1.44 bits per heavy atom. The van der Waals surface area contributed by atoms with Crippen LogP contribution in [0.1, 0.15) is 6.42 Å². The van der Waals surface area contributed by atoms with Crippen LogP contribution in [-0.2, 0) is 0 Å². The molecule has 4 nitrogen and oxygen atoms in total. The number of anilines is 1. The smallest absolute Gasteiger partial charge is 0.196 e. The number of halogens is 1. The van der Waals surface area contributed by atoms with Crippen molar-refractivity contribution in [3.8, 4) is 0 Å². The van der Waals surface area contributed by atoms with Crippen molar-refractivity contribution < 1.29 is 0 Å². The molecule has 0 saturated carbocycles. The highest BCUT2D eigenvalue weighted by Gasteiger charge is 2.15. The first-order chi connectivity index (χ1) is 7.78. The average molecular weight is 283 g/mol. The zero-order valence-corrected chi connectivity index (χ0v) is 10.5. The molecule has 0 bridgehead atoms. The number of nitrogens with one attached hydrogen (secondary N) is 2. The molecule has 0 fully saturated rings. The highest BCUT2D eigenvalue weighted by atomic mass is 79.9. The Balaban J connectivity index is 1.89. The van der Waals surface area contributed by atoms with Crippen LogP contribution in [0.15, 0.2) is 33.7 Å². The summed E-state index contributed by atoms with van der Waals surface area (Å²) in [6.45, 7) is 1.49. The van der Waals surface area contributed by atoms with E-state index in [1.807, 2.05) is 24.3 Å². The molecule has 4 N–H and O–H groups in total. The SMILES string of the molecule is NCC[C@H]1CN=C(Nc2ccc(Br)cc2)N1. The van der Waals surface area contributed by atoms with E-state index >= 15 is 0 Å². The number of hydrogen-bond donors (Lipinski definition) is 3. The number of benzene rings is 1. The van der Waals surface area contributed by atoms with Gasteiger partial charge in [-0.25, -0.2) is 0 Å². The van der Waals surface area contributed by atoms with Crippen LogP contribution in [0.3, 0.4) is 0 Å². The topological polar surface area (TPSA) is 62.4 Å². The van der Waals surface area contributed by atoms with Crippen LogP contribution in [0.25, 0.3) is 0 Å². The lowest BCUT2D eigenvalue weighted by molar-refractivity contribution is 0.609. The normalized spacial score (nSPS) is 19.1. The van der Waals surface area contributed by atoms with Crippen molar-refractivity contribution in [3.63, 3.8) is 0 Å². The fourth-order valence-electron chi connectivity index (χ4n) is 1.60. The Labute approximate surface area is 103 Å². The summed E-state index contributed by atoms with van der Waals surface area (Å²) in [5.41, 5.74) is 6.54. The van der Waals surface area contributed by atoms with Crippen molar-refractivity contribution in [1.82, 2.24) is 5.32 Å². The molecule has 0 aliphatic carbocycles. The Morgan fingerprint density at radius 3 is 2.88 bits per heavy atom. The van der Waals surface area contributed by atoms with Gasteiger partial charge in [-0.15, -0.1) is 0 Å². The van der Waals surface area contributed by atoms with Crippen molar-refractivity contribution in [2.75, 3.05) is 18.4 Å². The zero-order valence-electron chi connectivity index (χ0n) is 8.91. The summed E-state index contributed by atoms with van der Waals surface area (Å²) in [4.78, 5) is 4.38.